The van der Waals surface area contributed by atoms with Crippen molar-refractivity contribution in [1.82, 2.24) is 10.0 Å². The first-order valence-electron chi connectivity index (χ1n) is 12.9. The molecular weight excluding hydrogens is 520 g/mol. The van der Waals surface area contributed by atoms with E-state index in [0.29, 0.717) is 5.56 Å². The molecule has 1 aliphatic rings. The van der Waals surface area contributed by atoms with E-state index < -0.39 is 22.0 Å². The first-order chi connectivity index (χ1) is 17.7. The molecule has 3 aromatic carbocycles. The number of rotatable bonds is 10. The molecule has 38 heavy (non-hydrogen) atoms. The third-order valence-corrected chi connectivity index (χ3v) is 7.71. The Morgan fingerprint density at radius 3 is 2.24 bits per heavy atom. The van der Waals surface area contributed by atoms with Crippen molar-refractivity contribution in [1.29, 1.82) is 0 Å². The monoisotopic (exact) mass is 556 g/mol. The number of benzene rings is 3. The number of aliphatic hydroxyl groups excluding tert-OH is 1. The number of carbonyl (C=O) groups is 1. The number of nitrogens with one attached hydrogen (secondary N) is 2. The molecular formula is C30H37ClN2O4S. The lowest BCUT2D eigenvalue weighted by Gasteiger charge is -2.20. The van der Waals surface area contributed by atoms with Crippen LogP contribution in [0.25, 0.3) is 11.1 Å². The van der Waals surface area contributed by atoms with Crippen molar-refractivity contribution in [2.75, 3.05) is 12.8 Å². The predicted molar refractivity (Wildman–Crippen MR) is 155 cm³/mol. The molecule has 0 radical (unpaired) electrons. The Balaban J connectivity index is 0.00000400. The van der Waals surface area contributed by atoms with E-state index in [1.807, 2.05) is 43.3 Å². The highest BCUT2D eigenvalue weighted by atomic mass is 35.5. The van der Waals surface area contributed by atoms with E-state index in [2.05, 4.69) is 40.4 Å². The lowest BCUT2D eigenvalue weighted by molar-refractivity contribution is 0.0980. The van der Waals surface area contributed by atoms with Gasteiger partial charge in [0.1, 0.15) is 0 Å². The predicted octanol–water partition coefficient (Wildman–Crippen LogP) is 5.38. The Morgan fingerprint density at radius 2 is 1.61 bits per heavy atom. The highest BCUT2D eigenvalue weighted by molar-refractivity contribution is 7.89. The van der Waals surface area contributed by atoms with Gasteiger partial charge in [-0.15, -0.1) is 12.4 Å². The van der Waals surface area contributed by atoms with Gasteiger partial charge in [-0.1, -0.05) is 79.6 Å². The Labute approximate surface area is 232 Å². The van der Waals surface area contributed by atoms with Crippen LogP contribution >= 0.6 is 12.4 Å². The summed E-state index contributed by atoms with van der Waals surface area (Å²) in [5.74, 6) is -0.302. The van der Waals surface area contributed by atoms with E-state index in [9.17, 15) is 18.3 Å². The van der Waals surface area contributed by atoms with Crippen LogP contribution in [0.5, 0.6) is 0 Å². The van der Waals surface area contributed by atoms with Crippen molar-refractivity contribution in [2.45, 2.75) is 57.1 Å². The van der Waals surface area contributed by atoms with Gasteiger partial charge in [-0.05, 0) is 72.5 Å². The highest BCUT2D eigenvalue weighted by Crippen LogP contribution is 2.38. The summed E-state index contributed by atoms with van der Waals surface area (Å²) >= 11 is 0. The minimum absolute atomic E-state index is 0. The van der Waals surface area contributed by atoms with Crippen LogP contribution in [0.15, 0.2) is 72.8 Å². The van der Waals surface area contributed by atoms with Gasteiger partial charge >= 0.3 is 0 Å². The number of hydrogen-bond donors (Lipinski definition) is 3. The zero-order valence-electron chi connectivity index (χ0n) is 21.9. The summed E-state index contributed by atoms with van der Waals surface area (Å²) in [6.07, 6.45) is 5.53. The summed E-state index contributed by atoms with van der Waals surface area (Å²) in [6, 6.07) is 23.7. The van der Waals surface area contributed by atoms with Crippen molar-refractivity contribution >= 4 is 28.3 Å². The van der Waals surface area contributed by atoms with E-state index in [-0.39, 0.29) is 24.4 Å². The fourth-order valence-corrected chi connectivity index (χ4v) is 5.55. The van der Waals surface area contributed by atoms with Crippen LogP contribution in [0, 0.1) is 0 Å². The van der Waals surface area contributed by atoms with Gasteiger partial charge in [0.15, 0.2) is 0 Å². The summed E-state index contributed by atoms with van der Waals surface area (Å²) in [6.45, 7) is 2.74. The molecule has 0 saturated heterocycles. The Bertz CT molecular complexity index is 1310. The molecule has 1 aliphatic carbocycles. The summed E-state index contributed by atoms with van der Waals surface area (Å²) in [5.41, 5.74) is 5.54. The van der Waals surface area contributed by atoms with Gasteiger partial charge in [0, 0.05) is 11.6 Å². The van der Waals surface area contributed by atoms with Gasteiger partial charge in [-0.25, -0.2) is 13.1 Å². The first-order valence-corrected chi connectivity index (χ1v) is 14.8. The third kappa shape index (κ3) is 7.90. The number of hydrogen-bond acceptors (Lipinski definition) is 5. The molecule has 4 rings (SSSR count). The molecule has 3 N–H and O–H groups in total. The second kappa shape index (κ2) is 13.4. The Kier molecular flexibility index (Phi) is 10.5. The van der Waals surface area contributed by atoms with Crippen molar-refractivity contribution < 1.29 is 18.3 Å². The molecule has 0 bridgehead atoms. The van der Waals surface area contributed by atoms with Gasteiger partial charge in [-0.3, -0.25) is 4.79 Å². The molecule has 1 amide bonds. The zero-order chi connectivity index (χ0) is 26.4. The van der Waals surface area contributed by atoms with Crippen LogP contribution in [-0.2, 0) is 16.4 Å². The summed E-state index contributed by atoms with van der Waals surface area (Å²) in [5, 5.41) is 14.0. The van der Waals surface area contributed by atoms with E-state index in [1.54, 1.807) is 6.07 Å². The number of carbonyl (C=O) groups excluding carboxylic acids is 1. The van der Waals surface area contributed by atoms with Gasteiger partial charge in [0.25, 0.3) is 5.91 Å². The van der Waals surface area contributed by atoms with E-state index >= 15 is 0 Å². The molecule has 1 fully saturated rings. The third-order valence-electron chi connectivity index (χ3n) is 7.15. The average molecular weight is 557 g/mol. The SMILES string of the molecule is C[C@H](NCCc1ccc(-c2ccc(C(=O)NS(C)(=O)=O)c(C3CCCC3)c2)cc1)[C@@H](O)c1ccccc1.Cl. The van der Waals surface area contributed by atoms with Crippen molar-refractivity contribution in [2.24, 2.45) is 0 Å². The van der Waals surface area contributed by atoms with Crippen LogP contribution in [0.4, 0.5) is 0 Å². The molecule has 2 atom stereocenters. The highest BCUT2D eigenvalue weighted by Gasteiger charge is 2.24. The Hall–Kier alpha value is -2.71. The lowest BCUT2D eigenvalue weighted by atomic mass is 9.89. The normalized spacial score (nSPS) is 15.4. The fourth-order valence-electron chi connectivity index (χ4n) is 5.11. The van der Waals surface area contributed by atoms with Gasteiger partial charge in [0.2, 0.25) is 10.0 Å². The van der Waals surface area contributed by atoms with Crippen molar-refractivity contribution in [3.8, 4) is 11.1 Å². The summed E-state index contributed by atoms with van der Waals surface area (Å²) < 4.78 is 25.4. The van der Waals surface area contributed by atoms with Crippen LogP contribution in [0.2, 0.25) is 0 Å². The minimum Gasteiger partial charge on any atom is -0.387 e. The molecule has 1 saturated carbocycles. The molecule has 0 heterocycles. The molecule has 0 aromatic heterocycles. The number of amides is 1. The minimum atomic E-state index is -3.63. The van der Waals surface area contributed by atoms with E-state index in [4.69, 9.17) is 0 Å². The van der Waals surface area contributed by atoms with Gasteiger partial charge < -0.3 is 10.4 Å². The van der Waals surface area contributed by atoms with Crippen molar-refractivity contribution in [3.05, 3.63) is 95.1 Å². The Morgan fingerprint density at radius 1 is 0.974 bits per heavy atom. The van der Waals surface area contributed by atoms with Gasteiger partial charge in [0.05, 0.1) is 12.4 Å². The molecule has 0 spiro atoms. The topological polar surface area (TPSA) is 95.5 Å². The van der Waals surface area contributed by atoms with Crippen LogP contribution < -0.4 is 10.0 Å². The maximum Gasteiger partial charge on any atom is 0.265 e. The first kappa shape index (κ1) is 29.8. The smallest absolute Gasteiger partial charge is 0.265 e. The van der Waals surface area contributed by atoms with Crippen LogP contribution in [-0.4, -0.2) is 38.3 Å². The van der Waals surface area contributed by atoms with Crippen LogP contribution in [0.3, 0.4) is 0 Å². The fraction of sp³-hybridized carbons (Fsp3) is 0.367. The molecule has 0 unspecified atom stereocenters. The molecule has 204 valence electrons. The second-order valence-electron chi connectivity index (χ2n) is 10.0. The van der Waals surface area contributed by atoms with Crippen molar-refractivity contribution in [3.63, 3.8) is 0 Å². The number of aliphatic hydroxyl groups is 1. The summed E-state index contributed by atoms with van der Waals surface area (Å²) in [4.78, 5) is 12.7. The number of sulfonamides is 1. The molecule has 0 aliphatic heterocycles. The zero-order valence-corrected chi connectivity index (χ0v) is 23.5. The molecule has 8 heteroatoms. The second-order valence-corrected chi connectivity index (χ2v) is 11.8. The lowest BCUT2D eigenvalue weighted by Crippen LogP contribution is -2.33. The maximum absolute atomic E-state index is 12.7. The van der Waals surface area contributed by atoms with Crippen LogP contribution in [0.1, 0.15) is 71.7 Å². The summed E-state index contributed by atoms with van der Waals surface area (Å²) in [7, 11) is -3.63. The average Bonchev–Trinajstić information content (AvgIpc) is 3.43. The van der Waals surface area contributed by atoms with Gasteiger partial charge in [-0.2, -0.15) is 0 Å². The maximum atomic E-state index is 12.7. The quantitative estimate of drug-likeness (QED) is 0.312. The molecule has 6 nitrogen and oxygen atoms in total. The van der Waals surface area contributed by atoms with E-state index in [0.717, 1.165) is 67.2 Å². The molecule has 3 aromatic rings. The largest absolute Gasteiger partial charge is 0.387 e. The van der Waals surface area contributed by atoms with E-state index in [1.165, 1.54) is 5.56 Å². The standard InChI is InChI=1S/C30H36N2O4S.ClH/c1-21(29(33)25-10-4-3-5-11-25)31-19-18-22-12-14-23(15-13-22)26-16-17-27(30(34)32-37(2,35)36)28(20-26)24-8-6-7-9-24;/h3-5,10-17,20-21,24,29,31,33H,6-9,18-19H2,1-2H3,(H,32,34);1H/t21-,29+;/m0./s1. The number of halogens is 1.